The Morgan fingerprint density at radius 3 is 2.62 bits per heavy atom. The first-order valence-corrected chi connectivity index (χ1v) is 7.45. The van der Waals surface area contributed by atoms with Crippen LogP contribution in [0.25, 0.3) is 0 Å². The Labute approximate surface area is 131 Å². The van der Waals surface area contributed by atoms with Crippen molar-refractivity contribution in [2.45, 2.75) is 39.4 Å². The lowest BCUT2D eigenvalue weighted by Crippen LogP contribution is -2.35. The molecule has 0 bridgehead atoms. The average molecular weight is 358 g/mol. The van der Waals surface area contributed by atoms with Crippen LogP contribution in [-0.4, -0.2) is 15.3 Å². The van der Waals surface area contributed by atoms with E-state index in [-0.39, 0.29) is 22.1 Å². The van der Waals surface area contributed by atoms with Crippen LogP contribution in [0.15, 0.2) is 28.9 Å². The van der Waals surface area contributed by atoms with Crippen LogP contribution in [0.1, 0.15) is 32.0 Å². The van der Waals surface area contributed by atoms with Crippen molar-refractivity contribution >= 4 is 15.9 Å². The third-order valence-electron chi connectivity index (χ3n) is 3.05. The van der Waals surface area contributed by atoms with Gasteiger partial charge in [0.25, 0.3) is 0 Å². The summed E-state index contributed by atoms with van der Waals surface area (Å²) in [6.07, 6.45) is 1.63. The van der Waals surface area contributed by atoms with E-state index in [9.17, 15) is 8.78 Å². The van der Waals surface area contributed by atoms with Gasteiger partial charge in [0.05, 0.1) is 16.7 Å². The van der Waals surface area contributed by atoms with E-state index in [1.54, 1.807) is 10.9 Å². The molecule has 0 atom stereocenters. The van der Waals surface area contributed by atoms with Crippen LogP contribution in [0, 0.1) is 11.6 Å². The smallest absolute Gasteiger partial charge is 0.145 e. The summed E-state index contributed by atoms with van der Waals surface area (Å²) in [6.45, 7) is 6.82. The van der Waals surface area contributed by atoms with Gasteiger partial charge in [-0.25, -0.2) is 8.78 Å². The highest BCUT2D eigenvalue weighted by atomic mass is 79.9. The minimum atomic E-state index is -0.583. The van der Waals surface area contributed by atoms with Crippen LogP contribution in [0.3, 0.4) is 0 Å². The van der Waals surface area contributed by atoms with Crippen LogP contribution in [-0.2, 0) is 13.1 Å². The molecule has 0 aliphatic carbocycles. The fourth-order valence-electron chi connectivity index (χ4n) is 1.87. The van der Waals surface area contributed by atoms with Gasteiger partial charge in [0.1, 0.15) is 11.6 Å². The van der Waals surface area contributed by atoms with Gasteiger partial charge >= 0.3 is 0 Å². The molecule has 21 heavy (non-hydrogen) atoms. The SMILES string of the molecule is CC(C)(C)NCc1ccnn1Cc1c(F)ccc(Br)c1F. The molecule has 0 radical (unpaired) electrons. The Hall–Kier alpha value is -1.27. The number of hydrogen-bond acceptors (Lipinski definition) is 2. The van der Waals surface area contributed by atoms with Crippen molar-refractivity contribution in [3.05, 3.63) is 51.8 Å². The number of nitrogens with zero attached hydrogens (tertiary/aromatic N) is 2. The van der Waals surface area contributed by atoms with Gasteiger partial charge in [-0.1, -0.05) is 0 Å². The predicted octanol–water partition coefficient (Wildman–Crippen LogP) is 3.86. The molecule has 0 fully saturated rings. The molecule has 0 amide bonds. The van der Waals surface area contributed by atoms with Crippen LogP contribution in [0.5, 0.6) is 0 Å². The highest BCUT2D eigenvalue weighted by Crippen LogP contribution is 2.22. The Morgan fingerprint density at radius 2 is 1.95 bits per heavy atom. The lowest BCUT2D eigenvalue weighted by atomic mass is 10.1. The quantitative estimate of drug-likeness (QED) is 0.842. The summed E-state index contributed by atoms with van der Waals surface area (Å²) in [4.78, 5) is 0. The van der Waals surface area contributed by atoms with E-state index in [4.69, 9.17) is 0 Å². The van der Waals surface area contributed by atoms with Crippen molar-refractivity contribution in [2.75, 3.05) is 0 Å². The highest BCUT2D eigenvalue weighted by molar-refractivity contribution is 9.10. The van der Waals surface area contributed by atoms with Crippen LogP contribution in [0.2, 0.25) is 0 Å². The Kier molecular flexibility index (Phi) is 4.78. The lowest BCUT2D eigenvalue weighted by Gasteiger charge is -2.21. The molecule has 0 saturated carbocycles. The second-order valence-corrected chi connectivity index (χ2v) is 6.76. The van der Waals surface area contributed by atoms with Crippen molar-refractivity contribution in [3.8, 4) is 0 Å². The molecule has 1 N–H and O–H groups in total. The van der Waals surface area contributed by atoms with Crippen molar-refractivity contribution in [2.24, 2.45) is 0 Å². The van der Waals surface area contributed by atoms with Crippen molar-refractivity contribution in [1.82, 2.24) is 15.1 Å². The van der Waals surface area contributed by atoms with E-state index in [1.165, 1.54) is 12.1 Å². The zero-order chi connectivity index (χ0) is 15.6. The van der Waals surface area contributed by atoms with Gasteiger partial charge < -0.3 is 5.32 Å². The average Bonchev–Trinajstić information content (AvgIpc) is 2.83. The molecular formula is C15H18BrF2N3. The number of aromatic nitrogens is 2. The molecule has 1 heterocycles. The first kappa shape index (κ1) is 16.1. The van der Waals surface area contributed by atoms with Crippen molar-refractivity contribution in [1.29, 1.82) is 0 Å². The number of hydrogen-bond donors (Lipinski definition) is 1. The van der Waals surface area contributed by atoms with E-state index < -0.39 is 11.6 Å². The van der Waals surface area contributed by atoms with Gasteiger partial charge in [-0.3, -0.25) is 4.68 Å². The van der Waals surface area contributed by atoms with Crippen LogP contribution >= 0.6 is 15.9 Å². The maximum atomic E-state index is 14.0. The second-order valence-electron chi connectivity index (χ2n) is 5.91. The third-order valence-corrected chi connectivity index (χ3v) is 3.66. The molecule has 2 aromatic rings. The molecule has 2 rings (SSSR count). The Balaban J connectivity index is 2.22. The fraction of sp³-hybridized carbons (Fsp3) is 0.400. The van der Waals surface area contributed by atoms with Gasteiger partial charge in [-0.15, -0.1) is 0 Å². The minimum absolute atomic E-state index is 0.00471. The summed E-state index contributed by atoms with van der Waals surface area (Å²) in [6, 6.07) is 4.45. The summed E-state index contributed by atoms with van der Waals surface area (Å²) in [5, 5.41) is 7.49. The first-order chi connectivity index (χ1) is 9.78. The number of benzene rings is 1. The van der Waals surface area contributed by atoms with Gasteiger partial charge in [0, 0.05) is 23.8 Å². The Bertz CT molecular complexity index is 632. The summed E-state index contributed by atoms with van der Waals surface area (Å²) in [5.74, 6) is -1.15. The molecule has 0 saturated heterocycles. The second kappa shape index (κ2) is 6.23. The number of rotatable bonds is 4. The van der Waals surface area contributed by atoms with E-state index in [0.29, 0.717) is 6.54 Å². The molecular weight excluding hydrogens is 340 g/mol. The summed E-state index contributed by atoms with van der Waals surface area (Å²) >= 11 is 3.08. The number of nitrogens with one attached hydrogen (secondary N) is 1. The van der Waals surface area contributed by atoms with Crippen molar-refractivity contribution in [3.63, 3.8) is 0 Å². The highest BCUT2D eigenvalue weighted by Gasteiger charge is 2.15. The Morgan fingerprint density at radius 1 is 1.24 bits per heavy atom. The minimum Gasteiger partial charge on any atom is -0.306 e. The normalized spacial score (nSPS) is 11.9. The van der Waals surface area contributed by atoms with E-state index in [0.717, 1.165) is 5.69 Å². The fourth-order valence-corrected chi connectivity index (χ4v) is 2.24. The molecule has 0 aliphatic rings. The summed E-state index contributed by atoms with van der Waals surface area (Å²) in [5.41, 5.74) is 0.843. The predicted molar refractivity (Wildman–Crippen MR) is 82.0 cm³/mol. The molecule has 3 nitrogen and oxygen atoms in total. The zero-order valence-electron chi connectivity index (χ0n) is 12.3. The van der Waals surface area contributed by atoms with E-state index in [2.05, 4.69) is 47.1 Å². The van der Waals surface area contributed by atoms with Crippen LogP contribution in [0.4, 0.5) is 8.78 Å². The molecule has 6 heteroatoms. The maximum Gasteiger partial charge on any atom is 0.145 e. The topological polar surface area (TPSA) is 29.9 Å². The van der Waals surface area contributed by atoms with E-state index >= 15 is 0 Å². The first-order valence-electron chi connectivity index (χ1n) is 6.66. The lowest BCUT2D eigenvalue weighted by molar-refractivity contribution is 0.412. The molecule has 0 aliphatic heterocycles. The van der Waals surface area contributed by atoms with Gasteiger partial charge in [-0.2, -0.15) is 5.10 Å². The number of halogens is 3. The molecule has 0 spiro atoms. The zero-order valence-corrected chi connectivity index (χ0v) is 13.8. The molecule has 114 valence electrons. The largest absolute Gasteiger partial charge is 0.306 e. The summed E-state index contributed by atoms with van der Waals surface area (Å²) < 4.78 is 29.7. The molecule has 0 unspecified atom stereocenters. The standard InChI is InChI=1S/C15H18BrF2N3/c1-15(2,3)19-8-10-6-7-20-21(10)9-11-13(17)5-4-12(16)14(11)18/h4-7,19H,8-9H2,1-3H3. The van der Waals surface area contributed by atoms with Gasteiger partial charge in [-0.05, 0) is 54.9 Å². The summed E-state index contributed by atoms with van der Waals surface area (Å²) in [7, 11) is 0. The van der Waals surface area contributed by atoms with Gasteiger partial charge in [0.15, 0.2) is 0 Å². The maximum absolute atomic E-state index is 14.0. The monoisotopic (exact) mass is 357 g/mol. The van der Waals surface area contributed by atoms with E-state index in [1.807, 2.05) is 6.07 Å². The van der Waals surface area contributed by atoms with Crippen LogP contribution < -0.4 is 5.32 Å². The third kappa shape index (κ3) is 4.11. The van der Waals surface area contributed by atoms with Gasteiger partial charge in [0.2, 0.25) is 0 Å². The molecule has 1 aromatic carbocycles. The van der Waals surface area contributed by atoms with Crippen molar-refractivity contribution < 1.29 is 8.78 Å². The molecule has 1 aromatic heterocycles.